The minimum absolute atomic E-state index is 0.249. The van der Waals surface area contributed by atoms with E-state index in [2.05, 4.69) is 30.3 Å². The van der Waals surface area contributed by atoms with Gasteiger partial charge < -0.3 is 0 Å². The molecule has 16 heavy (non-hydrogen) atoms. The van der Waals surface area contributed by atoms with Gasteiger partial charge in [0.25, 0.3) is 0 Å². The summed E-state index contributed by atoms with van der Waals surface area (Å²) in [6.45, 7) is 0. The van der Waals surface area contributed by atoms with Gasteiger partial charge in [0, 0.05) is 6.42 Å². The standard InChI is InChI=1S/C14H13ClO/c15-14(16)7-3-4-11-8-9-12-5-1-2-6-13(12)10-11/h1-2,5-6,8-10H,3-4,7H2. The van der Waals surface area contributed by atoms with Gasteiger partial charge in [-0.05, 0) is 40.8 Å². The fourth-order valence-electron chi connectivity index (χ4n) is 1.83. The van der Waals surface area contributed by atoms with Gasteiger partial charge in [-0.15, -0.1) is 0 Å². The molecule has 0 unspecified atom stereocenters. The zero-order chi connectivity index (χ0) is 11.4. The van der Waals surface area contributed by atoms with Gasteiger partial charge in [-0.3, -0.25) is 4.79 Å². The Morgan fingerprint density at radius 3 is 2.56 bits per heavy atom. The number of carbonyl (C=O) groups is 1. The zero-order valence-electron chi connectivity index (χ0n) is 8.95. The van der Waals surface area contributed by atoms with Crippen molar-refractivity contribution in [2.75, 3.05) is 0 Å². The van der Waals surface area contributed by atoms with Gasteiger partial charge >= 0.3 is 0 Å². The first kappa shape index (κ1) is 11.2. The van der Waals surface area contributed by atoms with E-state index in [0.29, 0.717) is 6.42 Å². The van der Waals surface area contributed by atoms with Crippen molar-refractivity contribution in [1.29, 1.82) is 0 Å². The van der Waals surface area contributed by atoms with E-state index >= 15 is 0 Å². The van der Waals surface area contributed by atoms with Crippen LogP contribution in [0.4, 0.5) is 0 Å². The van der Waals surface area contributed by atoms with Crippen LogP contribution in [0.15, 0.2) is 42.5 Å². The van der Waals surface area contributed by atoms with Crippen molar-refractivity contribution < 1.29 is 4.79 Å². The number of rotatable bonds is 4. The lowest BCUT2D eigenvalue weighted by molar-refractivity contribution is -0.111. The molecule has 0 fully saturated rings. The minimum Gasteiger partial charge on any atom is -0.281 e. The lowest BCUT2D eigenvalue weighted by Crippen LogP contribution is -1.90. The second kappa shape index (κ2) is 5.13. The van der Waals surface area contributed by atoms with Crippen LogP contribution in [0.5, 0.6) is 0 Å². The fourth-order valence-corrected chi connectivity index (χ4v) is 1.96. The Morgan fingerprint density at radius 2 is 1.81 bits per heavy atom. The van der Waals surface area contributed by atoms with Crippen molar-refractivity contribution in [3.8, 4) is 0 Å². The fraction of sp³-hybridized carbons (Fsp3) is 0.214. The van der Waals surface area contributed by atoms with E-state index in [1.54, 1.807) is 0 Å². The molecule has 0 spiro atoms. The highest BCUT2D eigenvalue weighted by Gasteiger charge is 1.99. The number of carbonyl (C=O) groups excluding carboxylic acids is 1. The number of halogens is 1. The van der Waals surface area contributed by atoms with Crippen LogP contribution in [0.3, 0.4) is 0 Å². The van der Waals surface area contributed by atoms with Crippen molar-refractivity contribution in [1.82, 2.24) is 0 Å². The van der Waals surface area contributed by atoms with Gasteiger partial charge in [0.05, 0.1) is 0 Å². The SMILES string of the molecule is O=C(Cl)CCCc1ccc2ccccc2c1. The summed E-state index contributed by atoms with van der Waals surface area (Å²) < 4.78 is 0. The van der Waals surface area contributed by atoms with Crippen molar-refractivity contribution in [3.05, 3.63) is 48.0 Å². The third-order valence-corrected chi connectivity index (χ3v) is 2.84. The molecule has 0 atom stereocenters. The summed E-state index contributed by atoms with van der Waals surface area (Å²) in [6, 6.07) is 14.7. The van der Waals surface area contributed by atoms with Crippen molar-refractivity contribution in [2.45, 2.75) is 19.3 Å². The quantitative estimate of drug-likeness (QED) is 0.730. The lowest BCUT2D eigenvalue weighted by atomic mass is 10.0. The van der Waals surface area contributed by atoms with Crippen LogP contribution >= 0.6 is 11.6 Å². The summed E-state index contributed by atoms with van der Waals surface area (Å²) in [5, 5.41) is 2.25. The van der Waals surface area contributed by atoms with Crippen molar-refractivity contribution >= 4 is 27.6 Å². The predicted octanol–water partition coefficient (Wildman–Crippen LogP) is 3.93. The zero-order valence-corrected chi connectivity index (χ0v) is 9.70. The van der Waals surface area contributed by atoms with Gasteiger partial charge in [-0.25, -0.2) is 0 Å². The summed E-state index contributed by atoms with van der Waals surface area (Å²) in [5.74, 6) is 0. The molecular formula is C14H13ClO. The van der Waals surface area contributed by atoms with Crippen LogP contribution in [0.25, 0.3) is 10.8 Å². The first-order valence-corrected chi connectivity index (χ1v) is 5.79. The maximum Gasteiger partial charge on any atom is 0.221 e. The highest BCUT2D eigenvalue weighted by Crippen LogP contribution is 2.17. The summed E-state index contributed by atoms with van der Waals surface area (Å²) >= 11 is 5.30. The summed E-state index contributed by atoms with van der Waals surface area (Å²) in [5.41, 5.74) is 1.26. The van der Waals surface area contributed by atoms with E-state index in [9.17, 15) is 4.79 Å². The van der Waals surface area contributed by atoms with Crippen LogP contribution in [-0.4, -0.2) is 5.24 Å². The number of hydrogen-bond donors (Lipinski definition) is 0. The second-order valence-electron chi connectivity index (χ2n) is 3.89. The van der Waals surface area contributed by atoms with Crippen LogP contribution in [0, 0.1) is 0 Å². The average Bonchev–Trinajstić information content (AvgIpc) is 2.28. The van der Waals surface area contributed by atoms with E-state index in [0.717, 1.165) is 12.8 Å². The molecule has 0 N–H and O–H groups in total. The van der Waals surface area contributed by atoms with Gasteiger partial charge in [-0.1, -0.05) is 42.5 Å². The highest BCUT2D eigenvalue weighted by atomic mass is 35.5. The van der Waals surface area contributed by atoms with E-state index < -0.39 is 0 Å². The Morgan fingerprint density at radius 1 is 1.06 bits per heavy atom. The molecule has 0 saturated carbocycles. The third kappa shape index (κ3) is 2.83. The van der Waals surface area contributed by atoms with Crippen molar-refractivity contribution in [2.24, 2.45) is 0 Å². The Hall–Kier alpha value is -1.34. The summed E-state index contributed by atoms with van der Waals surface area (Å²) in [4.78, 5) is 10.6. The Balaban J connectivity index is 2.10. The molecule has 2 aromatic rings. The molecule has 0 bridgehead atoms. The molecule has 0 saturated heterocycles. The van der Waals surface area contributed by atoms with Gasteiger partial charge in [0.15, 0.2) is 0 Å². The number of fused-ring (bicyclic) bond motifs is 1. The lowest BCUT2D eigenvalue weighted by Gasteiger charge is -2.02. The first-order chi connectivity index (χ1) is 7.75. The minimum atomic E-state index is -0.249. The molecular weight excluding hydrogens is 220 g/mol. The molecule has 0 aliphatic rings. The maximum atomic E-state index is 10.6. The molecule has 0 amide bonds. The molecule has 82 valence electrons. The number of benzene rings is 2. The first-order valence-electron chi connectivity index (χ1n) is 5.42. The third-order valence-electron chi connectivity index (χ3n) is 2.65. The smallest absolute Gasteiger partial charge is 0.221 e. The second-order valence-corrected chi connectivity index (χ2v) is 4.31. The topological polar surface area (TPSA) is 17.1 Å². The molecule has 2 aromatic carbocycles. The number of aryl methyl sites for hydroxylation is 1. The van der Waals surface area contributed by atoms with E-state index in [1.807, 2.05) is 12.1 Å². The molecule has 1 nitrogen and oxygen atoms in total. The molecule has 2 heteroatoms. The van der Waals surface area contributed by atoms with Gasteiger partial charge in [-0.2, -0.15) is 0 Å². The molecule has 0 aliphatic heterocycles. The van der Waals surface area contributed by atoms with E-state index in [1.165, 1.54) is 16.3 Å². The van der Waals surface area contributed by atoms with Crippen molar-refractivity contribution in [3.63, 3.8) is 0 Å². The Kier molecular flexibility index (Phi) is 3.58. The van der Waals surface area contributed by atoms with E-state index in [-0.39, 0.29) is 5.24 Å². The Bertz CT molecular complexity index is 505. The number of hydrogen-bond acceptors (Lipinski definition) is 1. The van der Waals surface area contributed by atoms with E-state index in [4.69, 9.17) is 11.6 Å². The van der Waals surface area contributed by atoms with Crippen LogP contribution in [-0.2, 0) is 11.2 Å². The highest BCUT2D eigenvalue weighted by molar-refractivity contribution is 6.63. The van der Waals surface area contributed by atoms with Crippen LogP contribution in [0.2, 0.25) is 0 Å². The normalized spacial score (nSPS) is 10.6. The monoisotopic (exact) mass is 232 g/mol. The average molecular weight is 233 g/mol. The van der Waals surface area contributed by atoms with Crippen LogP contribution in [0.1, 0.15) is 18.4 Å². The molecule has 0 aliphatic carbocycles. The largest absolute Gasteiger partial charge is 0.281 e. The Labute approximate surface area is 100 Å². The summed E-state index contributed by atoms with van der Waals surface area (Å²) in [7, 11) is 0. The predicted molar refractivity (Wildman–Crippen MR) is 67.7 cm³/mol. The maximum absolute atomic E-state index is 10.6. The van der Waals surface area contributed by atoms with Crippen LogP contribution < -0.4 is 0 Å². The van der Waals surface area contributed by atoms with Gasteiger partial charge in [0.2, 0.25) is 5.24 Å². The summed E-state index contributed by atoms with van der Waals surface area (Å²) in [6.07, 6.45) is 2.18. The molecule has 0 heterocycles. The van der Waals surface area contributed by atoms with Gasteiger partial charge in [0.1, 0.15) is 0 Å². The molecule has 2 rings (SSSR count). The molecule has 0 radical (unpaired) electrons. The molecule has 0 aromatic heterocycles.